The number of Topliss-reactive ketones (excluding diaryl/α,β-unsaturated/α-hetero) is 1. The maximum atomic E-state index is 13.4. The number of carbonyl (C=O) groups excluding carboxylic acids is 2. The molecule has 1 aliphatic carbocycles. The third-order valence-electron chi connectivity index (χ3n) is 7.23. The Morgan fingerprint density at radius 2 is 1.79 bits per heavy atom. The second-order valence-electron chi connectivity index (χ2n) is 10.3. The molecule has 1 aliphatic heterocycles. The Morgan fingerprint density at radius 1 is 1.05 bits per heavy atom. The molecule has 2 N–H and O–H groups in total. The first-order valence-electron chi connectivity index (χ1n) is 13.2. The Morgan fingerprint density at radius 3 is 2.53 bits per heavy atom. The molecular weight excluding hydrogens is 507 g/mol. The fourth-order valence-corrected chi connectivity index (χ4v) is 5.14. The molecule has 1 heterocycles. The summed E-state index contributed by atoms with van der Waals surface area (Å²) in [4.78, 5) is 27.9. The van der Waals surface area contributed by atoms with Gasteiger partial charge in [0.2, 0.25) is 5.78 Å². The van der Waals surface area contributed by atoms with E-state index in [2.05, 4.69) is 10.2 Å². The van der Waals surface area contributed by atoms with Crippen LogP contribution in [0.3, 0.4) is 0 Å². The minimum Gasteiger partial charge on any atom is -0.489 e. The summed E-state index contributed by atoms with van der Waals surface area (Å²) in [6.07, 6.45) is 3.73. The van der Waals surface area contributed by atoms with Crippen molar-refractivity contribution < 1.29 is 23.8 Å². The van der Waals surface area contributed by atoms with E-state index in [1.165, 1.54) is 12.1 Å². The van der Waals surface area contributed by atoms with E-state index >= 15 is 0 Å². The average Bonchev–Trinajstić information content (AvgIpc) is 3.58. The van der Waals surface area contributed by atoms with Crippen molar-refractivity contribution >= 4 is 34.1 Å². The van der Waals surface area contributed by atoms with E-state index in [1.54, 1.807) is 24.3 Å². The SMILES string of the molecule is O=C(CCc1ccc2cc(F)ccc2c1)C(=O)N[C@H](CN1CCCC1)[C@H](O)c1ccc(OC2CC2)c(Cl)c1. The summed E-state index contributed by atoms with van der Waals surface area (Å²) in [5.74, 6) is -0.975. The number of ketones is 1. The molecular formula is C30H32ClFN2O4. The number of halogens is 2. The third-order valence-corrected chi connectivity index (χ3v) is 7.52. The van der Waals surface area contributed by atoms with Gasteiger partial charge in [0, 0.05) is 13.0 Å². The molecule has 2 aliphatic rings. The Hall–Kier alpha value is -3.00. The highest BCUT2D eigenvalue weighted by Crippen LogP contribution is 2.34. The van der Waals surface area contributed by atoms with Gasteiger partial charge in [-0.1, -0.05) is 41.9 Å². The number of amides is 1. The van der Waals surface area contributed by atoms with Crippen molar-refractivity contribution in [3.8, 4) is 5.75 Å². The van der Waals surface area contributed by atoms with E-state index in [0.717, 1.165) is 55.1 Å². The first-order valence-corrected chi connectivity index (χ1v) is 13.6. The molecule has 2 atom stereocenters. The molecule has 1 amide bonds. The van der Waals surface area contributed by atoms with Crippen LogP contribution >= 0.6 is 11.6 Å². The van der Waals surface area contributed by atoms with E-state index in [1.807, 2.05) is 18.2 Å². The van der Waals surface area contributed by atoms with Gasteiger partial charge in [0.25, 0.3) is 5.91 Å². The van der Waals surface area contributed by atoms with Gasteiger partial charge in [-0.05, 0) is 91.4 Å². The normalized spacial score (nSPS) is 17.3. The van der Waals surface area contributed by atoms with Crippen molar-refractivity contribution in [3.63, 3.8) is 0 Å². The van der Waals surface area contributed by atoms with Crippen LogP contribution < -0.4 is 10.1 Å². The maximum Gasteiger partial charge on any atom is 0.287 e. The molecule has 0 aromatic heterocycles. The molecule has 6 nitrogen and oxygen atoms in total. The molecule has 2 fully saturated rings. The summed E-state index contributed by atoms with van der Waals surface area (Å²) in [6, 6.07) is 14.6. The molecule has 200 valence electrons. The standard InChI is InChI=1S/C30H32ClFN2O4/c31-25-17-22(7-12-28(25)38-24-9-10-24)29(36)26(18-34-13-1-2-14-34)33-30(37)27(35)11-4-19-3-5-21-16-23(32)8-6-20(21)15-19/h3,5-8,12,15-17,24,26,29,36H,1-2,4,9-11,13-14,18H2,(H,33,37)/t26-,29-/m1/s1. The third kappa shape index (κ3) is 6.70. The van der Waals surface area contributed by atoms with Crippen molar-refractivity contribution in [2.24, 2.45) is 0 Å². The van der Waals surface area contributed by atoms with Crippen LogP contribution in [0.2, 0.25) is 5.02 Å². The Balaban J connectivity index is 1.23. The van der Waals surface area contributed by atoms with Crippen LogP contribution in [0.1, 0.15) is 49.3 Å². The molecule has 0 bridgehead atoms. The number of hydrogen-bond donors (Lipinski definition) is 2. The minimum atomic E-state index is -1.04. The average molecular weight is 539 g/mol. The number of fused-ring (bicyclic) bond motifs is 1. The lowest BCUT2D eigenvalue weighted by Gasteiger charge is -2.28. The second-order valence-corrected chi connectivity index (χ2v) is 10.7. The van der Waals surface area contributed by atoms with E-state index in [9.17, 15) is 19.1 Å². The van der Waals surface area contributed by atoms with Crippen molar-refractivity contribution in [1.29, 1.82) is 0 Å². The number of rotatable bonds is 11. The molecule has 38 heavy (non-hydrogen) atoms. The number of nitrogens with zero attached hydrogens (tertiary/aromatic N) is 1. The number of carbonyl (C=O) groups is 2. The Kier molecular flexibility index (Phi) is 8.27. The number of ether oxygens (including phenoxy) is 1. The highest BCUT2D eigenvalue weighted by atomic mass is 35.5. The van der Waals surface area contributed by atoms with Crippen molar-refractivity contribution in [2.75, 3.05) is 19.6 Å². The highest BCUT2D eigenvalue weighted by molar-refractivity contribution is 6.36. The minimum absolute atomic E-state index is 0.0318. The van der Waals surface area contributed by atoms with Crippen molar-refractivity contribution in [3.05, 3.63) is 76.6 Å². The lowest BCUT2D eigenvalue weighted by Crippen LogP contribution is -2.48. The number of aliphatic hydroxyl groups excluding tert-OH is 1. The Bertz CT molecular complexity index is 1320. The number of benzene rings is 3. The summed E-state index contributed by atoms with van der Waals surface area (Å²) in [5.41, 5.74) is 1.45. The van der Waals surface area contributed by atoms with Gasteiger partial charge in [-0.2, -0.15) is 0 Å². The van der Waals surface area contributed by atoms with Gasteiger partial charge < -0.3 is 20.1 Å². The number of nitrogens with one attached hydrogen (secondary N) is 1. The van der Waals surface area contributed by atoms with E-state index in [4.69, 9.17) is 16.3 Å². The number of aliphatic hydroxyl groups is 1. The summed E-state index contributed by atoms with van der Waals surface area (Å²) < 4.78 is 19.2. The fraction of sp³-hybridized carbons (Fsp3) is 0.400. The van der Waals surface area contributed by atoms with E-state index < -0.39 is 23.8 Å². The molecule has 1 saturated carbocycles. The predicted octanol–water partition coefficient (Wildman–Crippen LogP) is 4.99. The number of hydrogen-bond acceptors (Lipinski definition) is 5. The van der Waals surface area contributed by atoms with Gasteiger partial charge in [0.1, 0.15) is 17.7 Å². The van der Waals surface area contributed by atoms with Crippen LogP contribution in [0.5, 0.6) is 5.75 Å². The lowest BCUT2D eigenvalue weighted by molar-refractivity contribution is -0.139. The van der Waals surface area contributed by atoms with Gasteiger partial charge in [0.05, 0.1) is 17.2 Å². The van der Waals surface area contributed by atoms with Gasteiger partial charge in [-0.15, -0.1) is 0 Å². The highest BCUT2D eigenvalue weighted by Gasteiger charge is 2.30. The summed E-state index contributed by atoms with van der Waals surface area (Å²) in [5, 5.41) is 16.1. The Labute approximate surface area is 226 Å². The summed E-state index contributed by atoms with van der Waals surface area (Å²) >= 11 is 6.41. The van der Waals surface area contributed by atoms with Gasteiger partial charge in [-0.25, -0.2) is 4.39 Å². The lowest BCUT2D eigenvalue weighted by atomic mass is 10.00. The fourth-order valence-electron chi connectivity index (χ4n) is 4.90. The van der Waals surface area contributed by atoms with Crippen molar-refractivity contribution in [1.82, 2.24) is 10.2 Å². The monoisotopic (exact) mass is 538 g/mol. The maximum absolute atomic E-state index is 13.4. The molecule has 0 unspecified atom stereocenters. The topological polar surface area (TPSA) is 78.9 Å². The van der Waals surface area contributed by atoms with Gasteiger partial charge in [-0.3, -0.25) is 9.59 Å². The molecule has 5 rings (SSSR count). The van der Waals surface area contributed by atoms with Crippen LogP contribution in [0, 0.1) is 5.82 Å². The van der Waals surface area contributed by atoms with Gasteiger partial charge >= 0.3 is 0 Å². The number of likely N-dealkylation sites (tertiary alicyclic amines) is 1. The summed E-state index contributed by atoms with van der Waals surface area (Å²) in [6.45, 7) is 2.20. The zero-order chi connectivity index (χ0) is 26.6. The zero-order valence-corrected chi connectivity index (χ0v) is 21.9. The van der Waals surface area contributed by atoms with Crippen LogP contribution in [0.4, 0.5) is 4.39 Å². The molecule has 1 saturated heterocycles. The quantitative estimate of drug-likeness (QED) is 0.336. The second kappa shape index (κ2) is 11.8. The molecule has 8 heteroatoms. The number of aryl methyl sites for hydroxylation is 1. The largest absolute Gasteiger partial charge is 0.489 e. The first kappa shape index (κ1) is 26.6. The zero-order valence-electron chi connectivity index (χ0n) is 21.2. The van der Waals surface area contributed by atoms with Crippen LogP contribution in [0.15, 0.2) is 54.6 Å². The predicted molar refractivity (Wildman–Crippen MR) is 145 cm³/mol. The molecule has 3 aromatic carbocycles. The molecule has 3 aromatic rings. The van der Waals surface area contributed by atoms with E-state index in [0.29, 0.717) is 29.3 Å². The molecule has 0 radical (unpaired) electrons. The summed E-state index contributed by atoms with van der Waals surface area (Å²) in [7, 11) is 0. The molecule has 0 spiro atoms. The van der Waals surface area contributed by atoms with Gasteiger partial charge in [0.15, 0.2) is 0 Å². The van der Waals surface area contributed by atoms with E-state index in [-0.39, 0.29) is 18.3 Å². The van der Waals surface area contributed by atoms with Crippen LogP contribution in [-0.2, 0) is 16.0 Å². The van der Waals surface area contributed by atoms with Crippen LogP contribution in [0.25, 0.3) is 10.8 Å². The van der Waals surface area contributed by atoms with Crippen LogP contribution in [-0.4, -0.2) is 53.5 Å². The smallest absolute Gasteiger partial charge is 0.287 e. The first-order chi connectivity index (χ1) is 18.4. The van der Waals surface area contributed by atoms with Crippen molar-refractivity contribution in [2.45, 2.75) is 56.8 Å².